The van der Waals surface area contributed by atoms with Crippen LogP contribution in [0.5, 0.6) is 0 Å². The molecule has 0 unspecified atom stereocenters. The predicted molar refractivity (Wildman–Crippen MR) is 348 cm³/mol. The van der Waals surface area contributed by atoms with Crippen molar-refractivity contribution in [1.29, 1.82) is 0 Å². The Kier molecular flexibility index (Phi) is 27.2. The van der Waals surface area contributed by atoms with E-state index in [1.54, 1.807) is 68.5 Å². The minimum absolute atomic E-state index is 0.0498. The number of aliphatic imine (C=N–C) groups is 1. The number of thiocarbonyl (C=S) groups is 1. The second-order valence-electron chi connectivity index (χ2n) is 24.0. The number of aliphatic hydroxyl groups is 1. The molecule has 5 atom stereocenters. The van der Waals surface area contributed by atoms with Gasteiger partial charge in [0, 0.05) is 78.5 Å². The number of aromatic carboxylic acids is 1. The van der Waals surface area contributed by atoms with Gasteiger partial charge in [0.25, 0.3) is 0 Å². The van der Waals surface area contributed by atoms with Gasteiger partial charge in [-0.3, -0.25) is 33.8 Å². The number of aliphatic carboxylic acids is 3. The normalized spacial score (nSPS) is 14.0. The second-order valence-corrected chi connectivity index (χ2v) is 24.4. The summed E-state index contributed by atoms with van der Waals surface area (Å²) in [6.07, 6.45) is 6.11. The van der Waals surface area contributed by atoms with Gasteiger partial charge in [0.2, 0.25) is 23.6 Å². The second kappa shape index (κ2) is 34.4. The minimum atomic E-state index is -1.60. The quantitative estimate of drug-likeness (QED) is 0.0103. The van der Waals surface area contributed by atoms with Crippen LogP contribution < -0.4 is 70.1 Å². The number of carbonyl (C=O) groups excluding carboxylic acids is 5. The average Bonchev–Trinajstić information content (AvgIpc) is 0.751. The molecule has 0 aromatic heterocycles. The van der Waals surface area contributed by atoms with Crippen LogP contribution in [0.25, 0.3) is 34.6 Å². The van der Waals surface area contributed by atoms with Crippen LogP contribution in [0.4, 0.5) is 10.5 Å². The largest absolute Gasteiger partial charge is 0.515 e. The third-order valence-electron chi connectivity index (χ3n) is 15.1. The number of allylic oxidation sites excluding steroid dienone is 1. The van der Waals surface area contributed by atoms with E-state index < -0.39 is 101 Å². The molecule has 28 heteroatoms. The van der Waals surface area contributed by atoms with E-state index in [1.807, 2.05) is 32.2 Å². The maximum Gasteiger partial charge on any atom is 0.336 e. The van der Waals surface area contributed by atoms with Crippen LogP contribution >= 0.6 is 12.2 Å². The Balaban J connectivity index is 1.14. The number of guanidine groups is 1. The molecule has 17 N–H and O–H groups in total. The Morgan fingerprint density at radius 1 is 0.728 bits per heavy atom. The Hall–Kier alpha value is -9.86. The summed E-state index contributed by atoms with van der Waals surface area (Å²) in [4.78, 5) is 131. The van der Waals surface area contributed by atoms with Crippen molar-refractivity contribution >= 4 is 94.7 Å². The third kappa shape index (κ3) is 23.8. The summed E-state index contributed by atoms with van der Waals surface area (Å²) in [7, 11) is 0. The summed E-state index contributed by atoms with van der Waals surface area (Å²) in [5.74, 6) is -7.47. The van der Waals surface area contributed by atoms with E-state index >= 15 is 0 Å². The zero-order chi connectivity index (χ0) is 67.9. The van der Waals surface area contributed by atoms with E-state index in [1.165, 1.54) is 18.2 Å². The number of carboxylic acids is 4. The molecule has 1 heterocycles. The Bertz CT molecular complexity index is 3570. The molecule has 92 heavy (non-hydrogen) atoms. The van der Waals surface area contributed by atoms with Crippen molar-refractivity contribution in [3.63, 3.8) is 0 Å². The Morgan fingerprint density at radius 2 is 1.39 bits per heavy atom. The lowest BCUT2D eigenvalue weighted by Gasteiger charge is -2.32. The molecule has 1 aliphatic heterocycles. The number of nitrogens with two attached hydrogens (primary N) is 2. The van der Waals surface area contributed by atoms with Crippen LogP contribution in [-0.2, 0) is 40.0 Å². The highest BCUT2D eigenvalue weighted by atomic mass is 32.1. The number of carbonyl (C=O) groups is 9. The highest BCUT2D eigenvalue weighted by Crippen LogP contribution is 2.34. The van der Waals surface area contributed by atoms with Gasteiger partial charge in [0.05, 0.1) is 11.8 Å². The van der Waals surface area contributed by atoms with Crippen LogP contribution in [0.2, 0.25) is 0 Å². The molecule has 0 fully saturated rings. The van der Waals surface area contributed by atoms with Gasteiger partial charge in [0.15, 0.2) is 16.5 Å². The predicted octanol–water partition coefficient (Wildman–Crippen LogP) is 3.69. The molecular weight excluding hydrogens is 1210 g/mol. The zero-order valence-corrected chi connectivity index (χ0v) is 52.8. The van der Waals surface area contributed by atoms with Crippen LogP contribution in [0.1, 0.15) is 134 Å². The first-order valence-corrected chi connectivity index (χ1v) is 30.4. The van der Waals surface area contributed by atoms with E-state index in [0.717, 1.165) is 11.8 Å². The smallest absolute Gasteiger partial charge is 0.336 e. The lowest BCUT2D eigenvalue weighted by Crippen LogP contribution is -2.55. The summed E-state index contributed by atoms with van der Waals surface area (Å²) in [5.41, 5.74) is 12.7. The van der Waals surface area contributed by atoms with Gasteiger partial charge in [0.1, 0.15) is 35.3 Å². The highest BCUT2D eigenvalue weighted by Gasteiger charge is 2.33. The molecule has 0 radical (unpaired) electrons. The molecule has 0 saturated carbocycles. The number of unbranched alkanes of at least 4 members (excludes halogenated alkanes) is 1. The third-order valence-corrected chi connectivity index (χ3v) is 15.3. The number of carboxylic acid groups (broad SMARTS) is 4. The number of nitrogens with one attached hydrogen (secondary N) is 8. The lowest BCUT2D eigenvalue weighted by atomic mass is 9.80. The van der Waals surface area contributed by atoms with Crippen molar-refractivity contribution < 1.29 is 73.1 Å². The molecular formula is C64H83N11O16S. The molecule has 0 bridgehead atoms. The van der Waals surface area contributed by atoms with Crippen molar-refractivity contribution in [3.05, 3.63) is 111 Å². The van der Waals surface area contributed by atoms with Crippen molar-refractivity contribution in [2.24, 2.45) is 21.9 Å². The molecule has 2 aromatic rings. The SMILES string of the molecule is C[C@H](CCCCNC(=S)Nc1ccc(-c2c3ccc(=O)cc-3oc3c2=CC(=CO)CC=3)c(C(=O)O)c1)NC(=O)[C@H](CCCN=C(N)N)NC(=O)[C@H](Cc1ccccc1)NC(=O)CC(C)(C)CCC(C)(C)NC(=O)CC[C@H](NC(=O)N[C@@H](CCC(=O)O)C(=O)O)C(=O)O. The first kappa shape index (κ1) is 72.9. The van der Waals surface area contributed by atoms with Crippen LogP contribution in [0.3, 0.4) is 0 Å². The van der Waals surface area contributed by atoms with Crippen LogP contribution in [0.15, 0.2) is 92.8 Å². The number of hydrogen-bond donors (Lipinski definition) is 15. The standard InChI is InChI=1S/C64H83N11O16S/c1-36(12-9-10-28-68-62(92)70-39-17-19-41(43(32-39)57(84)85)54-42-20-18-40(77)33-50(42)91-49-23-16-38(35-76)30-44(49)54)69-55(82)45(15-11-29-67-60(65)66)72-56(83)48(31-37-13-7-6-8-14-37)71-52(79)34-63(2,3)26-27-64(4,5)75-51(78)24-21-46(58(86)87)73-61(90)74-47(59(88)89)22-25-53(80)81/h6-8,13-14,17-20,23,30,32-33,35-36,45-48,76H,9-12,15-16,21-22,24-29,31,34H2,1-5H3,(H,69,82)(H,71,79)(H,72,83)(H,75,78)(H,80,81)(H,84,85)(H,86,87)(H,88,89)(H4,65,66,67)(H2,68,70,92)(H2,73,74,90)/t36-,45+,46+,47+,48+/m1/s1. The van der Waals surface area contributed by atoms with Crippen molar-refractivity contribution in [2.45, 2.75) is 160 Å². The molecule has 3 aliphatic rings. The number of rotatable bonds is 35. The number of urea groups is 1. The fraction of sp³-hybridized carbons (Fsp3) is 0.438. The van der Waals surface area contributed by atoms with Crippen molar-refractivity contribution in [2.75, 3.05) is 18.4 Å². The van der Waals surface area contributed by atoms with Gasteiger partial charge in [-0.2, -0.15) is 0 Å². The molecule has 0 spiro atoms. The molecule has 0 saturated heterocycles. The van der Waals surface area contributed by atoms with E-state index in [9.17, 15) is 68.4 Å². The number of aliphatic hydroxyl groups excluding tert-OH is 1. The van der Waals surface area contributed by atoms with Crippen LogP contribution in [0, 0.1) is 5.41 Å². The maximum absolute atomic E-state index is 14.3. The number of nitrogens with zero attached hydrogens (tertiary/aromatic N) is 1. The van der Waals surface area contributed by atoms with E-state index in [2.05, 4.69) is 42.2 Å². The van der Waals surface area contributed by atoms with E-state index in [0.29, 0.717) is 90.1 Å². The highest BCUT2D eigenvalue weighted by molar-refractivity contribution is 7.80. The molecule has 2 aromatic carbocycles. The van der Waals surface area contributed by atoms with E-state index in [-0.39, 0.29) is 72.5 Å². The number of anilines is 1. The molecule has 496 valence electrons. The number of benzene rings is 3. The van der Waals surface area contributed by atoms with Gasteiger partial charge in [-0.25, -0.2) is 19.2 Å². The summed E-state index contributed by atoms with van der Waals surface area (Å²) >= 11 is 5.57. The van der Waals surface area contributed by atoms with Crippen molar-refractivity contribution in [3.8, 4) is 22.5 Å². The monoisotopic (exact) mass is 1290 g/mol. The lowest BCUT2D eigenvalue weighted by molar-refractivity contribution is -0.141. The fourth-order valence-electron chi connectivity index (χ4n) is 10.2. The molecule has 27 nitrogen and oxygen atoms in total. The summed E-state index contributed by atoms with van der Waals surface area (Å²) in [5, 5.41) is 70.9. The molecule has 6 amide bonds. The maximum atomic E-state index is 14.3. The average molecular weight is 1290 g/mol. The number of fused-ring (bicyclic) bond motifs is 2. The Morgan fingerprint density at radius 3 is 2.03 bits per heavy atom. The topological polar surface area (TPSA) is 446 Å². The summed E-state index contributed by atoms with van der Waals surface area (Å²) in [6, 6.07) is 11.2. The van der Waals surface area contributed by atoms with Crippen LogP contribution in [-0.4, -0.2) is 139 Å². The number of amides is 6. The van der Waals surface area contributed by atoms with Gasteiger partial charge in [-0.05, 0) is 156 Å². The molecule has 5 rings (SSSR count). The summed E-state index contributed by atoms with van der Waals surface area (Å²) < 4.78 is 6.05. The van der Waals surface area contributed by atoms with Gasteiger partial charge in [-0.15, -0.1) is 0 Å². The fourth-order valence-corrected chi connectivity index (χ4v) is 10.4. The first-order chi connectivity index (χ1) is 43.4. The van der Waals surface area contributed by atoms with Gasteiger partial charge >= 0.3 is 29.9 Å². The van der Waals surface area contributed by atoms with E-state index in [4.69, 9.17) is 33.2 Å². The van der Waals surface area contributed by atoms with Gasteiger partial charge in [-0.1, -0.05) is 50.2 Å². The van der Waals surface area contributed by atoms with Gasteiger partial charge < -0.3 is 84.0 Å². The summed E-state index contributed by atoms with van der Waals surface area (Å²) in [6.45, 7) is 9.60. The molecule has 2 aliphatic carbocycles. The van der Waals surface area contributed by atoms with Crippen molar-refractivity contribution in [1.82, 2.24) is 37.2 Å². The first-order valence-electron chi connectivity index (χ1n) is 30.0. The minimum Gasteiger partial charge on any atom is -0.515 e. The number of hydrogen-bond acceptors (Lipinski definition) is 14. The Labute approximate surface area is 536 Å². The zero-order valence-electron chi connectivity index (χ0n) is 52.0.